The molecule has 2 aromatic carbocycles. The van der Waals surface area contributed by atoms with Gasteiger partial charge in [0.25, 0.3) is 0 Å². The molecular weight excluding hydrogens is 355 g/mol. The smallest absolute Gasteiger partial charge is 0.318 e. The second-order valence-corrected chi connectivity index (χ2v) is 5.93. The molecule has 0 spiro atoms. The minimum atomic E-state index is -4.96. The molecule has 0 radical (unpaired) electrons. The van der Waals surface area contributed by atoms with Crippen molar-refractivity contribution in [3.63, 3.8) is 0 Å². The molecular formula is C18H11ClF3NO2. The van der Waals surface area contributed by atoms with Gasteiger partial charge in [0.15, 0.2) is 5.78 Å². The summed E-state index contributed by atoms with van der Waals surface area (Å²) in [6, 6.07) is 10.9. The standard InChI is InChI=1S/C18H11ClF3NO2/c19-15-6-2-5-13-14(15)9-11(16(13)24)7-10-3-1-4-12(8-10)23-17(25)18(20,21)22/h1-8H,9H2,(H,23,25). The molecule has 0 saturated carbocycles. The summed E-state index contributed by atoms with van der Waals surface area (Å²) in [5, 5.41) is 2.29. The number of ketones is 1. The predicted molar refractivity (Wildman–Crippen MR) is 88.6 cm³/mol. The maximum atomic E-state index is 12.4. The Morgan fingerprint density at radius 2 is 1.88 bits per heavy atom. The molecule has 128 valence electrons. The van der Waals surface area contributed by atoms with Crippen LogP contribution in [0.5, 0.6) is 0 Å². The van der Waals surface area contributed by atoms with Crippen LogP contribution in [-0.2, 0) is 11.2 Å². The van der Waals surface area contributed by atoms with Gasteiger partial charge in [0, 0.05) is 28.3 Å². The van der Waals surface area contributed by atoms with Crippen LogP contribution in [0, 0.1) is 0 Å². The average Bonchev–Trinajstić information content (AvgIpc) is 2.85. The van der Waals surface area contributed by atoms with Gasteiger partial charge in [-0.3, -0.25) is 9.59 Å². The number of fused-ring (bicyclic) bond motifs is 1. The second-order valence-electron chi connectivity index (χ2n) is 5.52. The van der Waals surface area contributed by atoms with E-state index in [0.717, 1.165) is 5.56 Å². The van der Waals surface area contributed by atoms with E-state index in [1.54, 1.807) is 35.7 Å². The van der Waals surface area contributed by atoms with Crippen LogP contribution in [0.25, 0.3) is 6.08 Å². The summed E-state index contributed by atoms with van der Waals surface area (Å²) in [4.78, 5) is 23.4. The number of hydrogen-bond donors (Lipinski definition) is 1. The van der Waals surface area contributed by atoms with Gasteiger partial charge in [-0.2, -0.15) is 13.2 Å². The van der Waals surface area contributed by atoms with Crippen molar-refractivity contribution in [1.82, 2.24) is 0 Å². The summed E-state index contributed by atoms with van der Waals surface area (Å²) in [5.74, 6) is -2.21. The highest BCUT2D eigenvalue weighted by Gasteiger charge is 2.38. The summed E-state index contributed by atoms with van der Waals surface area (Å²) in [5.41, 5.74) is 2.26. The lowest BCUT2D eigenvalue weighted by atomic mass is 10.1. The molecule has 2 aromatic rings. The van der Waals surface area contributed by atoms with E-state index in [9.17, 15) is 22.8 Å². The highest BCUT2D eigenvalue weighted by molar-refractivity contribution is 6.33. The Bertz CT molecular complexity index is 903. The highest BCUT2D eigenvalue weighted by Crippen LogP contribution is 2.33. The van der Waals surface area contributed by atoms with Gasteiger partial charge in [0.1, 0.15) is 0 Å². The average molecular weight is 366 g/mol. The van der Waals surface area contributed by atoms with Gasteiger partial charge in [-0.15, -0.1) is 0 Å². The third-order valence-corrected chi connectivity index (χ3v) is 4.12. The number of carbonyl (C=O) groups is 2. The Hall–Kier alpha value is -2.60. The van der Waals surface area contributed by atoms with Gasteiger partial charge in [-0.05, 0) is 35.4 Å². The maximum absolute atomic E-state index is 12.4. The number of rotatable bonds is 2. The van der Waals surface area contributed by atoms with Gasteiger partial charge < -0.3 is 5.32 Å². The van der Waals surface area contributed by atoms with Crippen LogP contribution in [0.3, 0.4) is 0 Å². The fourth-order valence-corrected chi connectivity index (χ4v) is 2.86. The molecule has 0 saturated heterocycles. The Morgan fingerprint density at radius 3 is 2.56 bits per heavy atom. The zero-order valence-electron chi connectivity index (χ0n) is 12.7. The monoisotopic (exact) mass is 365 g/mol. The maximum Gasteiger partial charge on any atom is 0.471 e. The van der Waals surface area contributed by atoms with Gasteiger partial charge in [0.05, 0.1) is 0 Å². The number of allylic oxidation sites excluding steroid dienone is 1. The third kappa shape index (κ3) is 3.58. The largest absolute Gasteiger partial charge is 0.471 e. The normalized spacial score (nSPS) is 15.4. The lowest BCUT2D eigenvalue weighted by Crippen LogP contribution is -2.29. The molecule has 0 aromatic heterocycles. The van der Waals surface area contributed by atoms with Crippen molar-refractivity contribution in [2.24, 2.45) is 0 Å². The molecule has 0 aliphatic heterocycles. The third-order valence-electron chi connectivity index (χ3n) is 3.77. The van der Waals surface area contributed by atoms with Crippen LogP contribution in [0.2, 0.25) is 5.02 Å². The molecule has 3 rings (SSSR count). The number of halogens is 4. The summed E-state index contributed by atoms with van der Waals surface area (Å²) in [6.45, 7) is 0. The first-order chi connectivity index (χ1) is 11.8. The van der Waals surface area contributed by atoms with Crippen molar-refractivity contribution in [2.45, 2.75) is 12.6 Å². The SMILES string of the molecule is O=C1C(=Cc2cccc(NC(=O)C(F)(F)F)c2)Cc2c(Cl)cccc21. The van der Waals surface area contributed by atoms with Crippen molar-refractivity contribution in [3.8, 4) is 0 Å². The van der Waals surface area contributed by atoms with Crippen LogP contribution in [0.15, 0.2) is 48.0 Å². The van der Waals surface area contributed by atoms with Crippen molar-refractivity contribution in [2.75, 3.05) is 5.32 Å². The van der Waals surface area contributed by atoms with E-state index >= 15 is 0 Å². The molecule has 0 heterocycles. The molecule has 1 aliphatic rings. The number of hydrogen-bond acceptors (Lipinski definition) is 2. The van der Waals surface area contributed by atoms with Gasteiger partial charge in [-0.1, -0.05) is 35.9 Å². The molecule has 0 atom stereocenters. The first kappa shape index (κ1) is 17.2. The number of benzene rings is 2. The quantitative estimate of drug-likeness (QED) is 0.786. The lowest BCUT2D eigenvalue weighted by Gasteiger charge is -2.08. The molecule has 3 nitrogen and oxygen atoms in total. The van der Waals surface area contributed by atoms with Crippen molar-refractivity contribution >= 4 is 35.1 Å². The first-order valence-corrected chi connectivity index (χ1v) is 7.64. The van der Waals surface area contributed by atoms with E-state index in [1.165, 1.54) is 18.2 Å². The van der Waals surface area contributed by atoms with Gasteiger partial charge in [-0.25, -0.2) is 0 Å². The zero-order chi connectivity index (χ0) is 18.2. The molecule has 1 amide bonds. The summed E-state index contributed by atoms with van der Waals surface area (Å²) in [6.07, 6.45) is -3.02. The van der Waals surface area contributed by atoms with E-state index < -0.39 is 12.1 Å². The molecule has 0 unspecified atom stereocenters. The number of alkyl halides is 3. The molecule has 0 bridgehead atoms. The van der Waals surface area contributed by atoms with E-state index in [2.05, 4.69) is 0 Å². The predicted octanol–water partition coefficient (Wildman–Crippen LogP) is 4.66. The Balaban J connectivity index is 1.86. The minimum absolute atomic E-state index is 0.00216. The van der Waals surface area contributed by atoms with Crippen LogP contribution in [0.4, 0.5) is 18.9 Å². The molecule has 1 N–H and O–H groups in total. The van der Waals surface area contributed by atoms with Crippen molar-refractivity contribution < 1.29 is 22.8 Å². The number of carbonyl (C=O) groups excluding carboxylic acids is 2. The lowest BCUT2D eigenvalue weighted by molar-refractivity contribution is -0.167. The van der Waals surface area contributed by atoms with E-state index in [0.29, 0.717) is 28.1 Å². The fourth-order valence-electron chi connectivity index (χ4n) is 2.62. The Labute approximate surface area is 146 Å². The summed E-state index contributed by atoms with van der Waals surface area (Å²) in [7, 11) is 0. The Kier molecular flexibility index (Phi) is 4.39. The first-order valence-electron chi connectivity index (χ1n) is 7.26. The summed E-state index contributed by atoms with van der Waals surface area (Å²) < 4.78 is 37.0. The van der Waals surface area contributed by atoms with Crippen LogP contribution in [-0.4, -0.2) is 17.9 Å². The number of nitrogens with one attached hydrogen (secondary N) is 1. The van der Waals surface area contributed by atoms with Crippen molar-refractivity contribution in [3.05, 3.63) is 69.8 Å². The number of anilines is 1. The van der Waals surface area contributed by atoms with E-state index in [1.807, 2.05) is 0 Å². The summed E-state index contributed by atoms with van der Waals surface area (Å²) >= 11 is 6.10. The fraction of sp³-hybridized carbons (Fsp3) is 0.111. The highest BCUT2D eigenvalue weighted by atomic mass is 35.5. The van der Waals surface area contributed by atoms with Crippen LogP contribution >= 0.6 is 11.6 Å². The molecule has 25 heavy (non-hydrogen) atoms. The van der Waals surface area contributed by atoms with Gasteiger partial charge in [0.2, 0.25) is 0 Å². The number of amides is 1. The van der Waals surface area contributed by atoms with E-state index in [4.69, 9.17) is 11.6 Å². The Morgan fingerprint density at radius 1 is 1.16 bits per heavy atom. The number of Topliss-reactive ketones (excluding diaryl/α,β-unsaturated/α-hetero) is 1. The van der Waals surface area contributed by atoms with Crippen LogP contribution < -0.4 is 5.32 Å². The molecule has 0 fully saturated rings. The van der Waals surface area contributed by atoms with Crippen molar-refractivity contribution in [1.29, 1.82) is 0 Å². The molecule has 7 heteroatoms. The van der Waals surface area contributed by atoms with E-state index in [-0.39, 0.29) is 11.5 Å². The minimum Gasteiger partial charge on any atom is -0.318 e. The topological polar surface area (TPSA) is 46.2 Å². The molecule has 1 aliphatic carbocycles. The zero-order valence-corrected chi connectivity index (χ0v) is 13.4. The van der Waals surface area contributed by atoms with Gasteiger partial charge >= 0.3 is 12.1 Å². The van der Waals surface area contributed by atoms with Crippen LogP contribution in [0.1, 0.15) is 21.5 Å². The second kappa shape index (κ2) is 6.37.